The topological polar surface area (TPSA) is 66.9 Å². The van der Waals surface area contributed by atoms with Crippen molar-refractivity contribution < 1.29 is 14.0 Å². The quantitative estimate of drug-likeness (QED) is 0.493. The molecule has 148 valence electrons. The number of halogens is 1. The van der Waals surface area contributed by atoms with E-state index >= 15 is 0 Å². The monoisotopic (exact) mass is 399 g/mol. The number of nitrogens with one attached hydrogen (secondary N) is 2. The Labute approximate surface area is 171 Å². The Morgan fingerprint density at radius 2 is 1.80 bits per heavy atom. The van der Waals surface area contributed by atoms with Crippen LogP contribution < -0.4 is 5.32 Å². The van der Waals surface area contributed by atoms with Crippen LogP contribution in [0.15, 0.2) is 48.8 Å². The number of fused-ring (bicyclic) bond motifs is 1. The van der Waals surface area contributed by atoms with Crippen molar-refractivity contribution in [2.45, 2.75) is 25.8 Å². The molecule has 0 saturated heterocycles. The van der Waals surface area contributed by atoms with Crippen LogP contribution in [-0.2, 0) is 16.0 Å². The minimum atomic E-state index is -0.447. The summed E-state index contributed by atoms with van der Waals surface area (Å²) in [5.74, 6) is -1.21. The molecule has 0 aliphatic carbocycles. The molecule has 0 radical (unpaired) electrons. The van der Waals surface area contributed by atoms with Gasteiger partial charge in [-0.1, -0.05) is 18.2 Å². The van der Waals surface area contributed by atoms with Gasteiger partial charge in [-0.15, -0.1) is 0 Å². The standard InChI is InChI=1S/C24H18FN3O2/c1-12-6-7-13-8-14(25)9-16-18(11-28(12)22(13)16)21-20(23(29)27-24(21)30)17-10-26-19-5-3-2-4-15(17)19/h2-5,8-12,26H,6-7H2,1H3,(H,27,29,30). The summed E-state index contributed by atoms with van der Waals surface area (Å²) in [6.07, 6.45) is 5.35. The third kappa shape index (κ3) is 2.21. The van der Waals surface area contributed by atoms with Crippen LogP contribution in [0.3, 0.4) is 0 Å². The smallest absolute Gasteiger partial charge is 0.259 e. The molecule has 0 fully saturated rings. The van der Waals surface area contributed by atoms with Crippen molar-refractivity contribution in [2.24, 2.45) is 0 Å². The predicted molar refractivity (Wildman–Crippen MR) is 113 cm³/mol. The van der Waals surface area contributed by atoms with Gasteiger partial charge in [0.15, 0.2) is 0 Å². The second-order valence-corrected chi connectivity index (χ2v) is 8.08. The molecular weight excluding hydrogens is 381 g/mol. The number of carbonyl (C=O) groups is 2. The average molecular weight is 399 g/mol. The van der Waals surface area contributed by atoms with E-state index < -0.39 is 11.8 Å². The molecule has 1 unspecified atom stereocenters. The van der Waals surface area contributed by atoms with Gasteiger partial charge >= 0.3 is 0 Å². The zero-order valence-corrected chi connectivity index (χ0v) is 16.3. The number of aryl methyl sites for hydroxylation is 1. The fraction of sp³-hybridized carbons (Fsp3) is 0.167. The summed E-state index contributed by atoms with van der Waals surface area (Å²) < 4.78 is 16.5. The van der Waals surface area contributed by atoms with Gasteiger partial charge in [0.25, 0.3) is 11.8 Å². The molecule has 2 aromatic carbocycles. The van der Waals surface area contributed by atoms with E-state index in [1.807, 2.05) is 30.5 Å². The van der Waals surface area contributed by atoms with Crippen LogP contribution in [0.5, 0.6) is 0 Å². The van der Waals surface area contributed by atoms with Crippen LogP contribution in [0.1, 0.15) is 36.1 Å². The van der Waals surface area contributed by atoms with Crippen LogP contribution >= 0.6 is 0 Å². The number of para-hydroxylation sites is 1. The lowest BCUT2D eigenvalue weighted by molar-refractivity contribution is -0.122. The van der Waals surface area contributed by atoms with Crippen LogP contribution in [0.25, 0.3) is 33.0 Å². The van der Waals surface area contributed by atoms with E-state index in [1.54, 1.807) is 12.3 Å². The summed E-state index contributed by atoms with van der Waals surface area (Å²) in [4.78, 5) is 29.0. The fourth-order valence-corrected chi connectivity index (χ4v) is 4.93. The molecule has 2 aliphatic heterocycles. The van der Waals surface area contributed by atoms with Crippen LogP contribution in [-0.4, -0.2) is 21.4 Å². The fourth-order valence-electron chi connectivity index (χ4n) is 4.93. The first kappa shape index (κ1) is 17.2. The summed E-state index contributed by atoms with van der Waals surface area (Å²) >= 11 is 0. The third-order valence-electron chi connectivity index (χ3n) is 6.34. The molecule has 2 N–H and O–H groups in total. The summed E-state index contributed by atoms with van der Waals surface area (Å²) in [6, 6.07) is 10.9. The molecule has 6 rings (SSSR count). The molecule has 2 aliphatic rings. The lowest BCUT2D eigenvalue weighted by atomic mass is 9.94. The third-order valence-corrected chi connectivity index (χ3v) is 6.34. The summed E-state index contributed by atoms with van der Waals surface area (Å²) in [7, 11) is 0. The number of rotatable bonds is 2. The lowest BCUT2D eigenvalue weighted by Crippen LogP contribution is -2.22. The number of amides is 2. The Hall–Kier alpha value is -3.67. The van der Waals surface area contributed by atoms with E-state index in [1.165, 1.54) is 6.07 Å². The molecular formula is C24H18FN3O2. The molecule has 0 bridgehead atoms. The van der Waals surface area contributed by atoms with Gasteiger partial charge in [-0.3, -0.25) is 14.9 Å². The minimum absolute atomic E-state index is 0.233. The Balaban J connectivity index is 1.71. The number of hydrogen-bond donors (Lipinski definition) is 2. The molecule has 0 spiro atoms. The zero-order valence-electron chi connectivity index (χ0n) is 16.3. The van der Waals surface area contributed by atoms with E-state index in [-0.39, 0.29) is 11.9 Å². The normalized spacial score (nSPS) is 18.7. The van der Waals surface area contributed by atoms with Gasteiger partial charge in [-0.05, 0) is 43.5 Å². The van der Waals surface area contributed by atoms with Crippen molar-refractivity contribution >= 4 is 44.8 Å². The maximum Gasteiger partial charge on any atom is 0.259 e. The van der Waals surface area contributed by atoms with E-state index in [9.17, 15) is 14.0 Å². The van der Waals surface area contributed by atoms with Crippen molar-refractivity contribution in [3.05, 3.63) is 71.3 Å². The largest absolute Gasteiger partial charge is 0.361 e. The van der Waals surface area contributed by atoms with Gasteiger partial charge in [-0.25, -0.2) is 4.39 Å². The first-order valence-corrected chi connectivity index (χ1v) is 10.0. The van der Waals surface area contributed by atoms with Crippen LogP contribution in [0.4, 0.5) is 4.39 Å². The van der Waals surface area contributed by atoms with Crippen LogP contribution in [0.2, 0.25) is 0 Å². The summed E-state index contributed by atoms with van der Waals surface area (Å²) in [5, 5.41) is 3.99. The van der Waals surface area contributed by atoms with Gasteiger partial charge in [0, 0.05) is 45.9 Å². The number of imide groups is 1. The highest BCUT2D eigenvalue weighted by Crippen LogP contribution is 2.42. The Morgan fingerprint density at radius 3 is 2.63 bits per heavy atom. The predicted octanol–water partition coefficient (Wildman–Crippen LogP) is 4.34. The second kappa shape index (κ2) is 5.92. The molecule has 2 amide bonds. The molecule has 5 nitrogen and oxygen atoms in total. The first-order chi connectivity index (χ1) is 14.5. The Bertz CT molecular complexity index is 1440. The molecule has 30 heavy (non-hydrogen) atoms. The van der Waals surface area contributed by atoms with Crippen molar-refractivity contribution in [1.82, 2.24) is 14.9 Å². The average Bonchev–Trinajstić information content (AvgIpc) is 3.38. The van der Waals surface area contributed by atoms with E-state index in [4.69, 9.17) is 0 Å². The SMILES string of the molecule is CC1CCc2cc(F)cc3c(C4=C(c5c[nH]c6ccccc56)C(=O)NC4=O)cn1c23. The van der Waals surface area contributed by atoms with Crippen molar-refractivity contribution in [1.29, 1.82) is 0 Å². The lowest BCUT2D eigenvalue weighted by Gasteiger charge is -2.22. The maximum absolute atomic E-state index is 14.4. The Morgan fingerprint density at radius 1 is 1.03 bits per heavy atom. The first-order valence-electron chi connectivity index (χ1n) is 10.0. The highest BCUT2D eigenvalue weighted by atomic mass is 19.1. The van der Waals surface area contributed by atoms with E-state index in [0.717, 1.165) is 34.8 Å². The number of nitrogens with zero attached hydrogens (tertiary/aromatic N) is 1. The van der Waals surface area contributed by atoms with E-state index in [0.29, 0.717) is 27.7 Å². The summed E-state index contributed by atoms with van der Waals surface area (Å²) in [5.41, 5.74) is 4.67. The van der Waals surface area contributed by atoms with Crippen molar-refractivity contribution in [3.8, 4) is 0 Å². The molecule has 0 saturated carbocycles. The van der Waals surface area contributed by atoms with Crippen LogP contribution in [0, 0.1) is 5.82 Å². The van der Waals surface area contributed by atoms with Gasteiger partial charge in [-0.2, -0.15) is 0 Å². The van der Waals surface area contributed by atoms with Crippen molar-refractivity contribution in [3.63, 3.8) is 0 Å². The van der Waals surface area contributed by atoms with Gasteiger partial charge in [0.2, 0.25) is 0 Å². The molecule has 6 heteroatoms. The number of benzene rings is 2. The molecule has 4 heterocycles. The highest BCUT2D eigenvalue weighted by Gasteiger charge is 2.36. The molecule has 4 aromatic rings. The van der Waals surface area contributed by atoms with Gasteiger partial charge < -0.3 is 9.55 Å². The summed E-state index contributed by atoms with van der Waals surface area (Å²) in [6.45, 7) is 2.12. The number of aromatic amines is 1. The second-order valence-electron chi connectivity index (χ2n) is 8.08. The number of aromatic nitrogens is 2. The zero-order chi connectivity index (χ0) is 20.6. The Kier molecular flexibility index (Phi) is 3.40. The van der Waals surface area contributed by atoms with E-state index in [2.05, 4.69) is 21.8 Å². The number of H-pyrrole nitrogens is 1. The maximum atomic E-state index is 14.4. The van der Waals surface area contributed by atoms with Gasteiger partial charge in [0.1, 0.15) is 5.82 Å². The molecule has 1 atom stereocenters. The molecule has 2 aromatic heterocycles. The van der Waals surface area contributed by atoms with Crippen molar-refractivity contribution in [2.75, 3.05) is 0 Å². The number of carbonyl (C=O) groups excluding carboxylic acids is 2. The number of hydrogen-bond acceptors (Lipinski definition) is 2. The highest BCUT2D eigenvalue weighted by molar-refractivity contribution is 6.50. The minimum Gasteiger partial charge on any atom is -0.361 e. The van der Waals surface area contributed by atoms with Gasteiger partial charge in [0.05, 0.1) is 16.7 Å².